The first-order valence-corrected chi connectivity index (χ1v) is 6.20. The number of nitrogens with one attached hydrogen (secondary N) is 1. The smallest absolute Gasteiger partial charge is 0.110 e. The molecule has 0 bridgehead atoms. The first-order valence-electron chi connectivity index (χ1n) is 5.82. The highest BCUT2D eigenvalue weighted by molar-refractivity contribution is 6.30. The number of nitrogens with zero attached hydrogens (tertiary/aromatic N) is 3. The Bertz CT molecular complexity index is 493. The molecule has 3 N–H and O–H groups in total. The molecule has 1 atom stereocenters. The lowest BCUT2D eigenvalue weighted by Crippen LogP contribution is -2.31. The second-order valence-corrected chi connectivity index (χ2v) is 4.39. The molecule has 0 saturated carbocycles. The number of imidazole rings is 1. The molecule has 18 heavy (non-hydrogen) atoms. The maximum atomic E-state index is 5.82. The van der Waals surface area contributed by atoms with Crippen LogP contribution in [0.5, 0.6) is 0 Å². The molecule has 5 nitrogen and oxygen atoms in total. The average Bonchev–Trinajstić information content (AvgIpc) is 2.84. The molecule has 6 heteroatoms. The lowest BCUT2D eigenvalue weighted by atomic mass is 10.1. The first kappa shape index (κ1) is 13.0. The van der Waals surface area contributed by atoms with Gasteiger partial charge in [0.15, 0.2) is 0 Å². The van der Waals surface area contributed by atoms with Crippen LogP contribution >= 0.6 is 11.6 Å². The molecule has 0 radical (unpaired) electrons. The van der Waals surface area contributed by atoms with Crippen molar-refractivity contribution in [3.8, 4) is 0 Å². The van der Waals surface area contributed by atoms with Crippen molar-refractivity contribution < 1.29 is 0 Å². The fraction of sp³-hybridized carbons (Fsp3) is 0.333. The van der Waals surface area contributed by atoms with Crippen molar-refractivity contribution >= 4 is 11.6 Å². The Kier molecular flexibility index (Phi) is 4.30. The molecule has 0 aliphatic heterocycles. The monoisotopic (exact) mass is 265 g/mol. The summed E-state index contributed by atoms with van der Waals surface area (Å²) in [5.41, 5.74) is 3.62. The summed E-state index contributed by atoms with van der Waals surface area (Å²) in [4.78, 5) is 8.61. The summed E-state index contributed by atoms with van der Waals surface area (Å²) in [6.45, 7) is 2.97. The molecule has 0 fully saturated rings. The molecule has 0 spiro atoms. The predicted molar refractivity (Wildman–Crippen MR) is 70.9 cm³/mol. The van der Waals surface area contributed by atoms with Gasteiger partial charge in [-0.1, -0.05) is 11.6 Å². The van der Waals surface area contributed by atoms with E-state index < -0.39 is 0 Å². The van der Waals surface area contributed by atoms with Gasteiger partial charge in [0.25, 0.3) is 0 Å². The molecule has 0 saturated heterocycles. The Morgan fingerprint density at radius 2 is 2.28 bits per heavy atom. The van der Waals surface area contributed by atoms with Gasteiger partial charge in [0.05, 0.1) is 16.8 Å². The van der Waals surface area contributed by atoms with Gasteiger partial charge in [-0.2, -0.15) is 0 Å². The van der Waals surface area contributed by atoms with Crippen LogP contribution in [-0.4, -0.2) is 14.5 Å². The van der Waals surface area contributed by atoms with Crippen molar-refractivity contribution in [2.45, 2.75) is 25.9 Å². The highest BCUT2D eigenvalue weighted by Gasteiger charge is 2.14. The number of hydrogen-bond donors (Lipinski definition) is 2. The Balaban J connectivity index is 2.17. The molecule has 2 rings (SSSR count). The summed E-state index contributed by atoms with van der Waals surface area (Å²) < 4.78 is 2.08. The van der Waals surface area contributed by atoms with Crippen molar-refractivity contribution in [2.24, 2.45) is 5.84 Å². The van der Waals surface area contributed by atoms with Gasteiger partial charge >= 0.3 is 0 Å². The summed E-state index contributed by atoms with van der Waals surface area (Å²) in [7, 11) is 0. The van der Waals surface area contributed by atoms with Gasteiger partial charge in [0.2, 0.25) is 0 Å². The van der Waals surface area contributed by atoms with Crippen LogP contribution < -0.4 is 11.3 Å². The van der Waals surface area contributed by atoms with Gasteiger partial charge in [-0.3, -0.25) is 16.3 Å². The summed E-state index contributed by atoms with van der Waals surface area (Å²) in [5.74, 6) is 6.57. The van der Waals surface area contributed by atoms with Gasteiger partial charge in [-0.05, 0) is 19.1 Å². The summed E-state index contributed by atoms with van der Waals surface area (Å²) in [5, 5.41) is 0.615. The minimum absolute atomic E-state index is 0.0741. The molecule has 0 aromatic carbocycles. The van der Waals surface area contributed by atoms with E-state index in [0.29, 0.717) is 11.4 Å². The van der Waals surface area contributed by atoms with E-state index in [1.165, 1.54) is 0 Å². The van der Waals surface area contributed by atoms with Crippen LogP contribution in [0.2, 0.25) is 5.02 Å². The first-order chi connectivity index (χ1) is 8.74. The van der Waals surface area contributed by atoms with E-state index >= 15 is 0 Å². The standard InChI is InChI=1S/C12H16ClN5/c1-2-18-6-5-15-12(18)7-11(17-14)10-4-3-9(13)8-16-10/h3-6,8,11,17H,2,7,14H2,1H3. The quantitative estimate of drug-likeness (QED) is 0.638. The fourth-order valence-corrected chi connectivity index (χ4v) is 1.95. The third-order valence-corrected chi connectivity index (χ3v) is 3.06. The molecule has 2 aromatic rings. The zero-order valence-electron chi connectivity index (χ0n) is 10.2. The third-order valence-electron chi connectivity index (χ3n) is 2.84. The molecular weight excluding hydrogens is 250 g/mol. The average molecular weight is 266 g/mol. The predicted octanol–water partition coefficient (Wildman–Crippen LogP) is 1.70. The molecule has 0 aliphatic rings. The van der Waals surface area contributed by atoms with E-state index in [9.17, 15) is 0 Å². The second kappa shape index (κ2) is 5.95. The third kappa shape index (κ3) is 2.87. The van der Waals surface area contributed by atoms with E-state index in [2.05, 4.69) is 26.9 Å². The van der Waals surface area contributed by atoms with Gasteiger partial charge in [-0.15, -0.1) is 0 Å². The number of halogens is 1. The number of aromatic nitrogens is 3. The molecule has 96 valence electrons. The van der Waals surface area contributed by atoms with Gasteiger partial charge in [0, 0.05) is 31.6 Å². The normalized spacial score (nSPS) is 12.6. The lowest BCUT2D eigenvalue weighted by molar-refractivity contribution is 0.512. The molecule has 2 aromatic heterocycles. The van der Waals surface area contributed by atoms with Crippen molar-refractivity contribution in [1.82, 2.24) is 20.0 Å². The summed E-state index contributed by atoms with van der Waals surface area (Å²) >= 11 is 5.82. The van der Waals surface area contributed by atoms with Crippen LogP contribution in [-0.2, 0) is 13.0 Å². The van der Waals surface area contributed by atoms with E-state index in [1.807, 2.05) is 12.3 Å². The zero-order valence-corrected chi connectivity index (χ0v) is 10.9. The Hall–Kier alpha value is -1.43. The van der Waals surface area contributed by atoms with E-state index in [4.69, 9.17) is 17.4 Å². The molecule has 1 unspecified atom stereocenters. The molecule has 0 aliphatic carbocycles. The maximum Gasteiger partial charge on any atom is 0.110 e. The fourth-order valence-electron chi connectivity index (χ4n) is 1.84. The van der Waals surface area contributed by atoms with Gasteiger partial charge < -0.3 is 4.57 Å². The van der Waals surface area contributed by atoms with E-state index in [-0.39, 0.29) is 6.04 Å². The number of hydrazine groups is 1. The van der Waals surface area contributed by atoms with Crippen molar-refractivity contribution in [3.05, 3.63) is 47.3 Å². The maximum absolute atomic E-state index is 5.82. The van der Waals surface area contributed by atoms with Gasteiger partial charge in [-0.25, -0.2) is 4.98 Å². The highest BCUT2D eigenvalue weighted by Crippen LogP contribution is 2.16. The highest BCUT2D eigenvalue weighted by atomic mass is 35.5. The number of nitrogens with two attached hydrogens (primary N) is 1. The molecular formula is C12H16ClN5. The van der Waals surface area contributed by atoms with E-state index in [1.54, 1.807) is 18.5 Å². The second-order valence-electron chi connectivity index (χ2n) is 3.95. The Labute approximate surface area is 111 Å². The van der Waals surface area contributed by atoms with Crippen LogP contribution in [0, 0.1) is 0 Å². The van der Waals surface area contributed by atoms with Crippen LogP contribution in [0.15, 0.2) is 30.7 Å². The van der Waals surface area contributed by atoms with Crippen molar-refractivity contribution in [1.29, 1.82) is 0 Å². The Morgan fingerprint density at radius 3 is 2.89 bits per heavy atom. The number of pyridine rings is 1. The lowest BCUT2D eigenvalue weighted by Gasteiger charge is -2.15. The van der Waals surface area contributed by atoms with Crippen molar-refractivity contribution in [3.63, 3.8) is 0 Å². The van der Waals surface area contributed by atoms with Crippen LogP contribution in [0.4, 0.5) is 0 Å². The summed E-state index contributed by atoms with van der Waals surface area (Å²) in [6, 6.07) is 3.60. The SMILES string of the molecule is CCn1ccnc1CC(NN)c1ccc(Cl)cn1. The van der Waals surface area contributed by atoms with Crippen LogP contribution in [0.1, 0.15) is 24.5 Å². The Morgan fingerprint density at radius 1 is 1.44 bits per heavy atom. The van der Waals surface area contributed by atoms with Crippen LogP contribution in [0.25, 0.3) is 0 Å². The largest absolute Gasteiger partial charge is 0.335 e. The molecule has 2 heterocycles. The number of aryl methyl sites for hydroxylation is 1. The van der Waals surface area contributed by atoms with Crippen LogP contribution in [0.3, 0.4) is 0 Å². The van der Waals surface area contributed by atoms with Gasteiger partial charge in [0.1, 0.15) is 5.82 Å². The minimum atomic E-state index is -0.0741. The number of rotatable bonds is 5. The number of hydrogen-bond acceptors (Lipinski definition) is 4. The zero-order chi connectivity index (χ0) is 13.0. The molecule has 0 amide bonds. The topological polar surface area (TPSA) is 68.8 Å². The summed E-state index contributed by atoms with van der Waals surface area (Å²) in [6.07, 6.45) is 6.05. The minimum Gasteiger partial charge on any atom is -0.335 e. The van der Waals surface area contributed by atoms with E-state index in [0.717, 1.165) is 18.1 Å². The van der Waals surface area contributed by atoms with Crippen molar-refractivity contribution in [2.75, 3.05) is 0 Å².